The van der Waals surface area contributed by atoms with Crippen molar-refractivity contribution in [3.63, 3.8) is 0 Å². The lowest BCUT2D eigenvalue weighted by Crippen LogP contribution is -2.38. The highest BCUT2D eigenvalue weighted by atomic mass is 35.5. The minimum atomic E-state index is -3.27. The molecule has 28 heavy (non-hydrogen) atoms. The third-order valence-corrected chi connectivity index (χ3v) is 5.81. The van der Waals surface area contributed by atoms with Crippen molar-refractivity contribution in [2.24, 2.45) is 12.0 Å². The van der Waals surface area contributed by atoms with E-state index in [0.717, 1.165) is 29.3 Å². The van der Waals surface area contributed by atoms with Gasteiger partial charge in [-0.1, -0.05) is 35.9 Å². The summed E-state index contributed by atoms with van der Waals surface area (Å²) in [6, 6.07) is 9.40. The Morgan fingerprint density at radius 2 is 1.89 bits per heavy atom. The highest BCUT2D eigenvalue weighted by Gasteiger charge is 2.10. The molecule has 0 aliphatic heterocycles. The first-order valence-corrected chi connectivity index (χ1v) is 11.1. The van der Waals surface area contributed by atoms with Crippen LogP contribution in [0.5, 0.6) is 0 Å². The van der Waals surface area contributed by atoms with Gasteiger partial charge in [-0.3, -0.25) is 0 Å². The maximum absolute atomic E-state index is 11.6. The molecule has 0 fully saturated rings. The van der Waals surface area contributed by atoms with Gasteiger partial charge < -0.3 is 14.8 Å². The number of hydrogen-bond acceptors (Lipinski definition) is 3. The topological polar surface area (TPSA) is 78.7 Å². The van der Waals surface area contributed by atoms with Gasteiger partial charge in [-0.05, 0) is 31.2 Å². The van der Waals surface area contributed by atoms with E-state index in [-0.39, 0.29) is 5.75 Å². The van der Waals surface area contributed by atoms with Gasteiger partial charge in [0.2, 0.25) is 10.0 Å². The van der Waals surface area contributed by atoms with E-state index >= 15 is 0 Å². The van der Waals surface area contributed by atoms with Crippen molar-refractivity contribution in [2.45, 2.75) is 25.8 Å². The molecule has 0 bridgehead atoms. The van der Waals surface area contributed by atoms with Crippen LogP contribution in [-0.2, 0) is 35.9 Å². The molecule has 0 saturated heterocycles. The molecule has 2 aromatic rings. The first-order valence-electron chi connectivity index (χ1n) is 9.03. The Kier molecular flexibility index (Phi) is 7.91. The van der Waals surface area contributed by atoms with Gasteiger partial charge in [0.15, 0.2) is 5.96 Å². The van der Waals surface area contributed by atoms with E-state index in [4.69, 9.17) is 16.6 Å². The first-order chi connectivity index (χ1) is 13.2. The van der Waals surface area contributed by atoms with Gasteiger partial charge in [0, 0.05) is 32.5 Å². The number of nitrogens with zero attached hydrogens (tertiary/aromatic N) is 3. The summed E-state index contributed by atoms with van der Waals surface area (Å²) in [6.45, 7) is 3.97. The number of sulfonamides is 1. The molecule has 154 valence electrons. The van der Waals surface area contributed by atoms with Crippen LogP contribution in [0.4, 0.5) is 0 Å². The van der Waals surface area contributed by atoms with Crippen LogP contribution in [-0.4, -0.2) is 44.5 Å². The fraction of sp³-hybridized carbons (Fsp3) is 0.421. The average molecular weight is 426 g/mol. The lowest BCUT2D eigenvalue weighted by Gasteiger charge is -2.22. The summed E-state index contributed by atoms with van der Waals surface area (Å²) in [7, 11) is 2.10. The van der Waals surface area contributed by atoms with Crippen molar-refractivity contribution in [1.29, 1.82) is 0 Å². The Balaban J connectivity index is 2.06. The molecule has 0 unspecified atom stereocenters. The van der Waals surface area contributed by atoms with Crippen LogP contribution in [0, 0.1) is 0 Å². The van der Waals surface area contributed by atoms with Crippen LogP contribution in [0.15, 0.2) is 41.5 Å². The lowest BCUT2D eigenvalue weighted by molar-refractivity contribution is 0.462. The lowest BCUT2D eigenvalue weighted by atomic mass is 10.1. The van der Waals surface area contributed by atoms with Gasteiger partial charge in [0.25, 0.3) is 0 Å². The number of halogens is 1. The van der Waals surface area contributed by atoms with E-state index in [1.807, 2.05) is 67.0 Å². The minimum Gasteiger partial charge on any atom is -0.357 e. The quantitative estimate of drug-likeness (QED) is 0.502. The van der Waals surface area contributed by atoms with E-state index in [0.29, 0.717) is 18.1 Å². The fourth-order valence-electron chi connectivity index (χ4n) is 2.71. The maximum Gasteiger partial charge on any atom is 0.215 e. The van der Waals surface area contributed by atoms with E-state index < -0.39 is 10.0 Å². The molecule has 7 nitrogen and oxygen atoms in total. The van der Waals surface area contributed by atoms with E-state index in [1.54, 1.807) is 0 Å². The minimum absolute atomic E-state index is 0.0301. The van der Waals surface area contributed by atoms with E-state index in [2.05, 4.69) is 10.0 Å². The number of hydrogen-bond donors (Lipinski definition) is 2. The molecule has 2 N–H and O–H groups in total. The zero-order valence-corrected chi connectivity index (χ0v) is 18.3. The van der Waals surface area contributed by atoms with Crippen LogP contribution >= 0.6 is 11.6 Å². The van der Waals surface area contributed by atoms with Crippen molar-refractivity contribution in [2.75, 3.05) is 20.6 Å². The van der Waals surface area contributed by atoms with Crippen molar-refractivity contribution in [3.05, 3.63) is 58.4 Å². The molecule has 1 aromatic carbocycles. The van der Waals surface area contributed by atoms with Gasteiger partial charge in [0.05, 0.1) is 23.9 Å². The molecule has 0 saturated carbocycles. The largest absolute Gasteiger partial charge is 0.357 e. The summed E-state index contributed by atoms with van der Waals surface area (Å²) < 4.78 is 27.6. The van der Waals surface area contributed by atoms with E-state index in [9.17, 15) is 8.42 Å². The molecule has 0 aliphatic carbocycles. The molecule has 9 heteroatoms. The summed E-state index contributed by atoms with van der Waals surface area (Å²) in [6.07, 6.45) is 1.88. The highest BCUT2D eigenvalue weighted by Crippen LogP contribution is 2.14. The number of guanidine groups is 1. The zero-order chi connectivity index (χ0) is 20.7. The summed E-state index contributed by atoms with van der Waals surface area (Å²) in [4.78, 5) is 6.74. The Bertz CT molecular complexity index is 907. The Morgan fingerprint density at radius 3 is 2.43 bits per heavy atom. The molecule has 0 atom stereocenters. The van der Waals surface area contributed by atoms with Gasteiger partial charge in [-0.2, -0.15) is 0 Å². The second kappa shape index (κ2) is 9.95. The van der Waals surface area contributed by atoms with Crippen LogP contribution in [0.25, 0.3) is 0 Å². The molecule has 0 aliphatic rings. The Hall–Kier alpha value is -2.03. The molecule has 0 radical (unpaired) electrons. The average Bonchev–Trinajstić information content (AvgIpc) is 2.96. The molecular weight excluding hydrogens is 398 g/mol. The monoisotopic (exact) mass is 425 g/mol. The van der Waals surface area contributed by atoms with Gasteiger partial charge in [-0.15, -0.1) is 0 Å². The van der Waals surface area contributed by atoms with Gasteiger partial charge in [0.1, 0.15) is 0 Å². The summed E-state index contributed by atoms with van der Waals surface area (Å²) in [5, 5.41) is 4.01. The van der Waals surface area contributed by atoms with Crippen LogP contribution in [0.3, 0.4) is 0 Å². The first kappa shape index (κ1) is 22.3. The van der Waals surface area contributed by atoms with Crippen molar-refractivity contribution >= 4 is 27.6 Å². The second-order valence-electron chi connectivity index (χ2n) is 6.57. The summed E-state index contributed by atoms with van der Waals surface area (Å²) >= 11 is 6.07. The smallest absolute Gasteiger partial charge is 0.215 e. The van der Waals surface area contributed by atoms with Crippen molar-refractivity contribution in [1.82, 2.24) is 19.5 Å². The molecule has 1 heterocycles. The maximum atomic E-state index is 11.6. The molecule has 0 amide bonds. The number of benzene rings is 1. The standard InChI is InChI=1S/C19H28ClN5O2S/c1-5-22-19(25(4)13-18-10-17(20)12-24(18)3)23-11-15-6-8-16(9-7-15)14-28(26,27)21-2/h6-10,12,21H,5,11,13-14H2,1-4H3,(H,22,23). The van der Waals surface area contributed by atoms with Crippen molar-refractivity contribution in [3.8, 4) is 0 Å². The number of rotatable bonds is 8. The highest BCUT2D eigenvalue weighted by molar-refractivity contribution is 7.88. The third kappa shape index (κ3) is 6.54. The zero-order valence-electron chi connectivity index (χ0n) is 16.7. The van der Waals surface area contributed by atoms with Gasteiger partial charge in [-0.25, -0.2) is 18.1 Å². The number of aliphatic imine (C=N–C) groups is 1. The second-order valence-corrected chi connectivity index (χ2v) is 8.93. The van der Waals surface area contributed by atoms with Crippen LogP contribution < -0.4 is 10.0 Å². The Morgan fingerprint density at radius 1 is 1.25 bits per heavy atom. The molecule has 1 aromatic heterocycles. The van der Waals surface area contributed by atoms with Crippen LogP contribution in [0.2, 0.25) is 5.02 Å². The normalized spacial score (nSPS) is 12.2. The molecule has 2 rings (SSSR count). The molecular formula is C19H28ClN5O2S. The summed E-state index contributed by atoms with van der Waals surface area (Å²) in [5.74, 6) is 0.763. The fourth-order valence-corrected chi connectivity index (χ4v) is 3.76. The number of nitrogens with one attached hydrogen (secondary N) is 2. The van der Waals surface area contributed by atoms with Crippen LogP contribution in [0.1, 0.15) is 23.7 Å². The predicted molar refractivity (Wildman–Crippen MR) is 115 cm³/mol. The Labute approximate surface area is 172 Å². The molecule has 0 spiro atoms. The summed E-state index contributed by atoms with van der Waals surface area (Å²) in [5.41, 5.74) is 2.84. The SMILES string of the molecule is CCNC(=NCc1ccc(CS(=O)(=O)NC)cc1)N(C)Cc1cc(Cl)cn1C. The number of aryl methyl sites for hydroxylation is 1. The number of aromatic nitrogens is 1. The van der Waals surface area contributed by atoms with Gasteiger partial charge >= 0.3 is 0 Å². The predicted octanol–water partition coefficient (Wildman–Crippen LogP) is 2.33. The van der Waals surface area contributed by atoms with E-state index in [1.165, 1.54) is 7.05 Å². The van der Waals surface area contributed by atoms with Crippen molar-refractivity contribution < 1.29 is 8.42 Å². The third-order valence-electron chi connectivity index (χ3n) is 4.27.